The fourth-order valence-corrected chi connectivity index (χ4v) is 6.40. The summed E-state index contributed by atoms with van der Waals surface area (Å²) in [6.07, 6.45) is 1.09. The van der Waals surface area contributed by atoms with Crippen LogP contribution in [-0.2, 0) is 15.8 Å². The van der Waals surface area contributed by atoms with Gasteiger partial charge in [0.1, 0.15) is 0 Å². The van der Waals surface area contributed by atoms with Gasteiger partial charge in [0, 0.05) is 50.0 Å². The van der Waals surface area contributed by atoms with Crippen LogP contribution >= 0.6 is 0 Å². The molecule has 1 unspecified atom stereocenters. The number of anilines is 2. The highest BCUT2D eigenvalue weighted by molar-refractivity contribution is 5.95. The zero-order valence-electron chi connectivity index (χ0n) is 19.3. The van der Waals surface area contributed by atoms with Crippen molar-refractivity contribution in [2.45, 2.75) is 76.1 Å². The first-order chi connectivity index (χ1) is 16.2. The second kappa shape index (κ2) is 8.73. The number of hydrogen-bond acceptors (Lipinski definition) is 4. The number of aliphatic hydroxyl groups excluding tert-OH is 1. The number of halogens is 3. The SMILES string of the molecule is O=C1CCCN1c1ccc(N2CCCC3(CCN(C4CCC(O)CC4)C3=O)C2)c(C(F)(F)F)c1. The van der Waals surface area contributed by atoms with Gasteiger partial charge >= 0.3 is 6.18 Å². The summed E-state index contributed by atoms with van der Waals surface area (Å²) in [6, 6.07) is 4.29. The van der Waals surface area contributed by atoms with Gasteiger partial charge in [-0.25, -0.2) is 0 Å². The quantitative estimate of drug-likeness (QED) is 0.713. The first kappa shape index (κ1) is 23.5. The molecule has 186 valence electrons. The fraction of sp³-hybridized carbons (Fsp3) is 0.680. The van der Waals surface area contributed by atoms with E-state index < -0.39 is 17.2 Å². The summed E-state index contributed by atoms with van der Waals surface area (Å²) < 4.78 is 42.4. The summed E-state index contributed by atoms with van der Waals surface area (Å²) in [5.41, 5.74) is -1.02. The third kappa shape index (κ3) is 4.16. The topological polar surface area (TPSA) is 64.1 Å². The Morgan fingerprint density at radius 1 is 0.971 bits per heavy atom. The molecule has 1 aromatic rings. The molecule has 0 radical (unpaired) electrons. The molecule has 1 aliphatic carbocycles. The standard InChI is InChI=1S/C25H32F3N3O3/c26-25(27,28)20-15-18(30-13-1-3-22(30)33)6-9-21(20)29-12-2-10-24(16-29)11-14-31(23(24)34)17-4-7-19(32)8-5-17/h6,9,15,17,19,32H,1-5,7-8,10-14,16H2. The minimum Gasteiger partial charge on any atom is -0.393 e. The Balaban J connectivity index is 1.39. The number of carbonyl (C=O) groups excluding carboxylic acids is 2. The van der Waals surface area contributed by atoms with Crippen LogP contribution in [0, 0.1) is 5.41 Å². The average molecular weight is 480 g/mol. The van der Waals surface area contributed by atoms with Gasteiger partial charge < -0.3 is 19.8 Å². The lowest BCUT2D eigenvalue weighted by Gasteiger charge is -2.42. The van der Waals surface area contributed by atoms with E-state index in [1.54, 1.807) is 11.0 Å². The Bertz CT molecular complexity index is 960. The molecule has 0 bridgehead atoms. The maximum absolute atomic E-state index is 14.1. The van der Waals surface area contributed by atoms with Crippen LogP contribution in [0.3, 0.4) is 0 Å². The molecule has 1 atom stereocenters. The minimum atomic E-state index is -4.56. The minimum absolute atomic E-state index is 0.0615. The summed E-state index contributed by atoms with van der Waals surface area (Å²) >= 11 is 0. The highest BCUT2D eigenvalue weighted by atomic mass is 19.4. The highest BCUT2D eigenvalue weighted by Crippen LogP contribution is 2.46. The maximum atomic E-state index is 14.1. The third-order valence-corrected chi connectivity index (χ3v) is 8.24. The molecule has 4 fully saturated rings. The molecule has 2 amide bonds. The Morgan fingerprint density at radius 2 is 1.74 bits per heavy atom. The van der Waals surface area contributed by atoms with E-state index in [2.05, 4.69) is 0 Å². The second-order valence-corrected chi connectivity index (χ2v) is 10.4. The predicted molar refractivity (Wildman–Crippen MR) is 122 cm³/mol. The number of benzene rings is 1. The summed E-state index contributed by atoms with van der Waals surface area (Å²) in [5, 5.41) is 9.81. The number of alkyl halides is 3. The van der Waals surface area contributed by atoms with Crippen LogP contribution in [0.2, 0.25) is 0 Å². The van der Waals surface area contributed by atoms with Gasteiger partial charge in [-0.15, -0.1) is 0 Å². The Morgan fingerprint density at radius 3 is 2.41 bits per heavy atom. The van der Waals surface area contributed by atoms with Crippen LogP contribution in [0.15, 0.2) is 18.2 Å². The van der Waals surface area contributed by atoms with Gasteiger partial charge in [0.05, 0.1) is 17.1 Å². The smallest absolute Gasteiger partial charge is 0.393 e. The number of hydrogen-bond donors (Lipinski definition) is 1. The van der Waals surface area contributed by atoms with Crippen molar-refractivity contribution in [1.29, 1.82) is 0 Å². The molecular weight excluding hydrogens is 447 g/mol. The lowest BCUT2D eigenvalue weighted by atomic mass is 9.78. The maximum Gasteiger partial charge on any atom is 0.418 e. The van der Waals surface area contributed by atoms with Crippen molar-refractivity contribution in [3.63, 3.8) is 0 Å². The van der Waals surface area contributed by atoms with E-state index in [9.17, 15) is 27.9 Å². The van der Waals surface area contributed by atoms with Crippen molar-refractivity contribution in [2.75, 3.05) is 36.0 Å². The predicted octanol–water partition coefficient (Wildman–Crippen LogP) is 3.95. The molecule has 1 saturated carbocycles. The summed E-state index contributed by atoms with van der Waals surface area (Å²) in [4.78, 5) is 30.7. The monoisotopic (exact) mass is 479 g/mol. The zero-order chi connectivity index (χ0) is 24.1. The van der Waals surface area contributed by atoms with Crippen molar-refractivity contribution in [1.82, 2.24) is 4.90 Å². The number of likely N-dealkylation sites (tertiary alicyclic amines) is 1. The van der Waals surface area contributed by atoms with E-state index in [1.807, 2.05) is 4.90 Å². The molecule has 3 heterocycles. The van der Waals surface area contributed by atoms with E-state index >= 15 is 0 Å². The van der Waals surface area contributed by atoms with Crippen molar-refractivity contribution in [2.24, 2.45) is 5.41 Å². The zero-order valence-corrected chi connectivity index (χ0v) is 19.3. The van der Waals surface area contributed by atoms with Gasteiger partial charge in [-0.3, -0.25) is 9.59 Å². The largest absolute Gasteiger partial charge is 0.418 e. The number of aliphatic hydroxyl groups is 1. The molecule has 5 rings (SSSR count). The highest BCUT2D eigenvalue weighted by Gasteiger charge is 2.51. The molecule has 34 heavy (non-hydrogen) atoms. The van der Waals surface area contributed by atoms with Crippen molar-refractivity contribution < 1.29 is 27.9 Å². The van der Waals surface area contributed by atoms with Gasteiger partial charge in [-0.1, -0.05) is 0 Å². The number of carbonyl (C=O) groups is 2. The van der Waals surface area contributed by atoms with Crippen LogP contribution in [0.25, 0.3) is 0 Å². The van der Waals surface area contributed by atoms with Crippen LogP contribution in [0.4, 0.5) is 24.5 Å². The molecule has 1 spiro atoms. The van der Waals surface area contributed by atoms with Crippen molar-refractivity contribution in [3.8, 4) is 0 Å². The lowest BCUT2D eigenvalue weighted by molar-refractivity contribution is -0.139. The lowest BCUT2D eigenvalue weighted by Crippen LogP contribution is -2.50. The third-order valence-electron chi connectivity index (χ3n) is 8.24. The molecule has 6 nitrogen and oxygen atoms in total. The molecule has 9 heteroatoms. The Kier molecular flexibility index (Phi) is 6.02. The number of amides is 2. The van der Waals surface area contributed by atoms with Crippen molar-refractivity contribution >= 4 is 23.2 Å². The number of rotatable bonds is 3. The van der Waals surface area contributed by atoms with E-state index in [4.69, 9.17) is 0 Å². The second-order valence-electron chi connectivity index (χ2n) is 10.4. The summed E-state index contributed by atoms with van der Waals surface area (Å²) in [6.45, 7) is 1.82. The van der Waals surface area contributed by atoms with Crippen LogP contribution in [-0.4, -0.2) is 60.1 Å². The molecule has 1 aromatic carbocycles. The number of piperidine rings is 1. The normalized spacial score (nSPS) is 30.6. The molecule has 1 N–H and O–H groups in total. The first-order valence-corrected chi connectivity index (χ1v) is 12.4. The van der Waals surface area contributed by atoms with Crippen LogP contribution in [0.1, 0.15) is 63.4 Å². The van der Waals surface area contributed by atoms with Gasteiger partial charge in [0.15, 0.2) is 0 Å². The average Bonchev–Trinajstić information content (AvgIpc) is 3.37. The molecule has 0 aromatic heterocycles. The summed E-state index contributed by atoms with van der Waals surface area (Å²) in [5.74, 6) is -0.0869. The fourth-order valence-electron chi connectivity index (χ4n) is 6.40. The van der Waals surface area contributed by atoms with Gasteiger partial charge in [-0.05, 0) is 69.6 Å². The van der Waals surface area contributed by atoms with Gasteiger partial charge in [0.25, 0.3) is 0 Å². The van der Waals surface area contributed by atoms with Gasteiger partial charge in [0.2, 0.25) is 11.8 Å². The van der Waals surface area contributed by atoms with E-state index in [0.717, 1.165) is 18.9 Å². The molecule has 3 aliphatic heterocycles. The summed E-state index contributed by atoms with van der Waals surface area (Å²) in [7, 11) is 0. The molecule has 3 saturated heterocycles. The van der Waals surface area contributed by atoms with E-state index in [-0.39, 0.29) is 41.9 Å². The first-order valence-electron chi connectivity index (χ1n) is 12.4. The van der Waals surface area contributed by atoms with Crippen LogP contribution in [0.5, 0.6) is 0 Å². The molecule has 4 aliphatic rings. The Hall–Kier alpha value is -2.29. The number of nitrogens with zero attached hydrogens (tertiary/aromatic N) is 3. The van der Waals surface area contributed by atoms with E-state index in [1.165, 1.54) is 11.0 Å². The van der Waals surface area contributed by atoms with Gasteiger partial charge in [-0.2, -0.15) is 13.2 Å². The van der Waals surface area contributed by atoms with Crippen molar-refractivity contribution in [3.05, 3.63) is 23.8 Å². The Labute approximate surface area is 197 Å². The molecular formula is C25H32F3N3O3. The van der Waals surface area contributed by atoms with E-state index in [0.29, 0.717) is 64.6 Å². The van der Waals surface area contributed by atoms with Crippen LogP contribution < -0.4 is 9.80 Å².